The first-order valence-corrected chi connectivity index (χ1v) is 6.71. The van der Waals surface area contributed by atoms with Crippen molar-refractivity contribution in [1.29, 1.82) is 0 Å². The Labute approximate surface area is 98.8 Å². The Morgan fingerprint density at radius 1 is 1.19 bits per heavy atom. The van der Waals surface area contributed by atoms with Gasteiger partial charge in [-0.15, -0.1) is 0 Å². The first kappa shape index (κ1) is 11.6. The normalized spacial score (nSPS) is 25.9. The quantitative estimate of drug-likeness (QED) is 0.737. The van der Waals surface area contributed by atoms with Crippen LogP contribution >= 0.6 is 11.8 Å². The minimum Gasteiger partial charge on any atom is -0.480 e. The first-order chi connectivity index (χ1) is 7.70. The summed E-state index contributed by atoms with van der Waals surface area (Å²) in [6.45, 7) is 2.07. The van der Waals surface area contributed by atoms with Crippen LogP contribution < -0.4 is 0 Å². The van der Waals surface area contributed by atoms with Gasteiger partial charge in [-0.2, -0.15) is 11.8 Å². The number of carbonyl (C=O) groups is 2. The second-order valence-corrected chi connectivity index (χ2v) is 5.30. The molecule has 0 spiro atoms. The number of aliphatic carboxylic acids is 1. The second-order valence-electron chi connectivity index (χ2n) is 4.07. The van der Waals surface area contributed by atoms with Gasteiger partial charge < -0.3 is 14.9 Å². The molecule has 0 unspecified atom stereocenters. The highest BCUT2D eigenvalue weighted by molar-refractivity contribution is 7.99. The van der Waals surface area contributed by atoms with E-state index >= 15 is 0 Å². The highest BCUT2D eigenvalue weighted by Gasteiger charge is 2.36. The molecule has 2 aliphatic heterocycles. The van der Waals surface area contributed by atoms with Crippen LogP contribution in [0.3, 0.4) is 0 Å². The van der Waals surface area contributed by atoms with E-state index in [4.69, 9.17) is 5.11 Å². The molecule has 2 amide bonds. The Kier molecular flexibility index (Phi) is 3.58. The summed E-state index contributed by atoms with van der Waals surface area (Å²) in [5, 5.41) is 9.01. The number of carboxylic acids is 1. The van der Waals surface area contributed by atoms with Crippen molar-refractivity contribution in [3.05, 3.63) is 0 Å². The second kappa shape index (κ2) is 4.95. The lowest BCUT2D eigenvalue weighted by atomic mass is 10.2. The standard InChI is InChI=1S/C10H16N2O3S/c13-9(14)8-2-1-3-12(8)10(15)11-4-6-16-7-5-11/h8H,1-7H2,(H,13,14)/t8-/m0/s1. The maximum Gasteiger partial charge on any atom is 0.326 e. The van der Waals surface area contributed by atoms with E-state index in [1.807, 2.05) is 11.8 Å². The predicted molar refractivity (Wildman–Crippen MR) is 61.7 cm³/mol. The van der Waals surface area contributed by atoms with Crippen LogP contribution in [0.15, 0.2) is 0 Å². The third-order valence-electron chi connectivity index (χ3n) is 3.07. The van der Waals surface area contributed by atoms with Crippen molar-refractivity contribution >= 4 is 23.8 Å². The molecule has 2 rings (SSSR count). The van der Waals surface area contributed by atoms with Gasteiger partial charge in [-0.05, 0) is 12.8 Å². The average Bonchev–Trinajstić information content (AvgIpc) is 2.78. The summed E-state index contributed by atoms with van der Waals surface area (Å²) < 4.78 is 0. The number of carboxylic acid groups (broad SMARTS) is 1. The molecule has 2 heterocycles. The third kappa shape index (κ3) is 2.26. The Morgan fingerprint density at radius 2 is 1.88 bits per heavy atom. The van der Waals surface area contributed by atoms with Crippen LogP contribution in [0.25, 0.3) is 0 Å². The number of nitrogens with zero attached hydrogens (tertiary/aromatic N) is 2. The molecule has 90 valence electrons. The van der Waals surface area contributed by atoms with Crippen molar-refractivity contribution in [2.75, 3.05) is 31.1 Å². The number of urea groups is 1. The fraction of sp³-hybridized carbons (Fsp3) is 0.800. The van der Waals surface area contributed by atoms with Crippen LogP contribution in [-0.4, -0.2) is 64.1 Å². The highest BCUT2D eigenvalue weighted by Crippen LogP contribution is 2.20. The van der Waals surface area contributed by atoms with Crippen molar-refractivity contribution in [2.24, 2.45) is 0 Å². The van der Waals surface area contributed by atoms with Crippen LogP contribution in [0, 0.1) is 0 Å². The van der Waals surface area contributed by atoms with Crippen molar-refractivity contribution in [3.8, 4) is 0 Å². The number of thioether (sulfide) groups is 1. The molecule has 0 aromatic carbocycles. The molecule has 1 N–H and O–H groups in total. The molecular weight excluding hydrogens is 228 g/mol. The monoisotopic (exact) mass is 244 g/mol. The SMILES string of the molecule is O=C(O)[C@@H]1CCCN1C(=O)N1CCSCC1. The van der Waals surface area contributed by atoms with Crippen LogP contribution in [-0.2, 0) is 4.79 Å². The molecular formula is C10H16N2O3S. The molecule has 0 bridgehead atoms. The lowest BCUT2D eigenvalue weighted by Gasteiger charge is -2.32. The van der Waals surface area contributed by atoms with E-state index in [1.54, 1.807) is 4.90 Å². The molecule has 16 heavy (non-hydrogen) atoms. The van der Waals surface area contributed by atoms with Crippen molar-refractivity contribution < 1.29 is 14.7 Å². The molecule has 0 aromatic rings. The van der Waals surface area contributed by atoms with Gasteiger partial charge in [0.15, 0.2) is 0 Å². The lowest BCUT2D eigenvalue weighted by molar-refractivity contribution is -0.141. The summed E-state index contributed by atoms with van der Waals surface area (Å²) in [6.07, 6.45) is 1.38. The Balaban J connectivity index is 1.99. The number of rotatable bonds is 1. The summed E-state index contributed by atoms with van der Waals surface area (Å²) >= 11 is 1.84. The minimum atomic E-state index is -0.878. The minimum absolute atomic E-state index is 0.0924. The van der Waals surface area contributed by atoms with E-state index in [0.29, 0.717) is 13.0 Å². The zero-order valence-corrected chi connectivity index (χ0v) is 9.91. The number of amides is 2. The molecule has 0 aromatic heterocycles. The van der Waals surface area contributed by atoms with E-state index in [9.17, 15) is 9.59 Å². The van der Waals surface area contributed by atoms with Crippen LogP contribution in [0.4, 0.5) is 4.79 Å². The Hall–Kier alpha value is -0.910. The Morgan fingerprint density at radius 3 is 2.50 bits per heavy atom. The molecule has 5 nitrogen and oxygen atoms in total. The maximum atomic E-state index is 12.1. The summed E-state index contributed by atoms with van der Waals surface area (Å²) in [6, 6.07) is -0.702. The number of likely N-dealkylation sites (tertiary alicyclic amines) is 1. The molecule has 1 atom stereocenters. The van der Waals surface area contributed by atoms with Gasteiger partial charge in [0.2, 0.25) is 0 Å². The van der Waals surface area contributed by atoms with Gasteiger partial charge in [-0.1, -0.05) is 0 Å². The first-order valence-electron chi connectivity index (χ1n) is 5.56. The van der Waals surface area contributed by atoms with Crippen molar-refractivity contribution in [2.45, 2.75) is 18.9 Å². The van der Waals surface area contributed by atoms with Crippen molar-refractivity contribution in [1.82, 2.24) is 9.80 Å². The lowest BCUT2D eigenvalue weighted by Crippen LogP contribution is -2.50. The van der Waals surface area contributed by atoms with Gasteiger partial charge in [0.05, 0.1) is 0 Å². The van der Waals surface area contributed by atoms with Crippen molar-refractivity contribution in [3.63, 3.8) is 0 Å². The largest absolute Gasteiger partial charge is 0.480 e. The summed E-state index contributed by atoms with van der Waals surface area (Å²) in [4.78, 5) is 26.4. The predicted octanol–water partition coefficient (Wildman–Crippen LogP) is 0.704. The molecule has 2 saturated heterocycles. The van der Waals surface area contributed by atoms with E-state index < -0.39 is 12.0 Å². The van der Waals surface area contributed by atoms with Gasteiger partial charge in [-0.25, -0.2) is 9.59 Å². The summed E-state index contributed by atoms with van der Waals surface area (Å²) in [7, 11) is 0. The van der Waals surface area contributed by atoms with Crippen LogP contribution in [0.2, 0.25) is 0 Å². The number of hydrogen-bond acceptors (Lipinski definition) is 3. The van der Waals surface area contributed by atoms with Gasteiger partial charge in [-0.3, -0.25) is 0 Å². The zero-order valence-electron chi connectivity index (χ0n) is 9.09. The van der Waals surface area contributed by atoms with E-state index in [-0.39, 0.29) is 6.03 Å². The van der Waals surface area contributed by atoms with Gasteiger partial charge in [0.1, 0.15) is 6.04 Å². The smallest absolute Gasteiger partial charge is 0.326 e. The maximum absolute atomic E-state index is 12.1. The van der Waals surface area contributed by atoms with Gasteiger partial charge in [0, 0.05) is 31.1 Å². The molecule has 2 aliphatic rings. The third-order valence-corrected chi connectivity index (χ3v) is 4.01. The van der Waals surface area contributed by atoms with E-state index in [0.717, 1.165) is 31.0 Å². The fourth-order valence-corrected chi connectivity index (χ4v) is 3.09. The summed E-state index contributed by atoms with van der Waals surface area (Å²) in [5.74, 6) is 1.03. The van der Waals surface area contributed by atoms with Crippen LogP contribution in [0.5, 0.6) is 0 Å². The number of hydrogen-bond donors (Lipinski definition) is 1. The molecule has 0 aliphatic carbocycles. The number of carbonyl (C=O) groups excluding carboxylic acids is 1. The van der Waals surface area contributed by atoms with Gasteiger partial charge >= 0.3 is 12.0 Å². The molecule has 0 radical (unpaired) electrons. The summed E-state index contributed by atoms with van der Waals surface area (Å²) in [5.41, 5.74) is 0. The Bertz CT molecular complexity index is 292. The molecule has 6 heteroatoms. The molecule has 2 fully saturated rings. The van der Waals surface area contributed by atoms with E-state index in [2.05, 4.69) is 0 Å². The fourth-order valence-electron chi connectivity index (χ4n) is 2.19. The van der Waals surface area contributed by atoms with E-state index in [1.165, 1.54) is 4.90 Å². The van der Waals surface area contributed by atoms with Crippen LogP contribution in [0.1, 0.15) is 12.8 Å². The zero-order chi connectivity index (χ0) is 11.5. The topological polar surface area (TPSA) is 60.9 Å². The average molecular weight is 244 g/mol. The van der Waals surface area contributed by atoms with Gasteiger partial charge in [0.25, 0.3) is 0 Å². The molecule has 0 saturated carbocycles. The highest BCUT2D eigenvalue weighted by atomic mass is 32.2.